The van der Waals surface area contributed by atoms with E-state index < -0.39 is 0 Å². The molecule has 1 aromatic carbocycles. The Labute approximate surface area is 98.1 Å². The zero-order chi connectivity index (χ0) is 11.4. The molecule has 0 unspecified atom stereocenters. The van der Waals surface area contributed by atoms with E-state index in [9.17, 15) is 0 Å². The maximum atomic E-state index is 8.95. The highest BCUT2D eigenvalue weighted by molar-refractivity contribution is 9.10. The summed E-state index contributed by atoms with van der Waals surface area (Å²) >= 11 is 3.43. The van der Waals surface area contributed by atoms with E-state index in [0.717, 1.165) is 27.1 Å². The fourth-order valence-electron chi connectivity index (χ4n) is 1.65. The first kappa shape index (κ1) is 12.3. The molecule has 0 aliphatic rings. The average molecular weight is 275 g/mol. The minimum atomic E-state index is 0.106. The number of rotatable bonds is 4. The summed E-state index contributed by atoms with van der Waals surface area (Å²) in [5.74, 6) is 1.55. The first-order valence-corrected chi connectivity index (χ1v) is 5.45. The summed E-state index contributed by atoms with van der Waals surface area (Å²) in [6.45, 7) is 2.04. The SMILES string of the molecule is COc1c(Br)cc(CCO)c(OC)c1C. The Bertz CT molecular complexity index is 350. The topological polar surface area (TPSA) is 38.7 Å². The van der Waals surface area contributed by atoms with Crippen LogP contribution < -0.4 is 9.47 Å². The Kier molecular flexibility index (Phi) is 4.42. The molecule has 3 nitrogen and oxygen atoms in total. The van der Waals surface area contributed by atoms with Gasteiger partial charge in [-0.25, -0.2) is 0 Å². The predicted octanol–water partition coefficient (Wildman–Crippen LogP) is 2.31. The zero-order valence-electron chi connectivity index (χ0n) is 9.13. The van der Waals surface area contributed by atoms with Gasteiger partial charge in [-0.1, -0.05) is 0 Å². The van der Waals surface area contributed by atoms with Crippen LogP contribution in [0.5, 0.6) is 11.5 Å². The molecular formula is C11H15BrO3. The van der Waals surface area contributed by atoms with E-state index in [1.165, 1.54) is 0 Å². The molecule has 1 aromatic rings. The van der Waals surface area contributed by atoms with Crippen molar-refractivity contribution in [3.8, 4) is 11.5 Å². The van der Waals surface area contributed by atoms with Gasteiger partial charge in [0.05, 0.1) is 18.7 Å². The molecular weight excluding hydrogens is 260 g/mol. The van der Waals surface area contributed by atoms with Gasteiger partial charge in [0.1, 0.15) is 11.5 Å². The molecule has 0 aliphatic carbocycles. The predicted molar refractivity (Wildman–Crippen MR) is 62.8 cm³/mol. The van der Waals surface area contributed by atoms with Gasteiger partial charge in [-0.3, -0.25) is 0 Å². The Morgan fingerprint density at radius 1 is 1.27 bits per heavy atom. The van der Waals surface area contributed by atoms with Gasteiger partial charge < -0.3 is 14.6 Å². The maximum absolute atomic E-state index is 8.95. The van der Waals surface area contributed by atoms with Gasteiger partial charge in [-0.2, -0.15) is 0 Å². The highest BCUT2D eigenvalue weighted by Crippen LogP contribution is 2.38. The molecule has 0 heterocycles. The van der Waals surface area contributed by atoms with E-state index in [1.807, 2.05) is 13.0 Å². The van der Waals surface area contributed by atoms with Gasteiger partial charge in [-0.15, -0.1) is 0 Å². The van der Waals surface area contributed by atoms with Gasteiger partial charge in [0.2, 0.25) is 0 Å². The van der Waals surface area contributed by atoms with Crippen molar-refractivity contribution >= 4 is 15.9 Å². The van der Waals surface area contributed by atoms with Crippen molar-refractivity contribution in [1.29, 1.82) is 0 Å². The number of aliphatic hydroxyl groups excluding tert-OH is 1. The van der Waals surface area contributed by atoms with Crippen molar-refractivity contribution in [1.82, 2.24) is 0 Å². The maximum Gasteiger partial charge on any atom is 0.139 e. The highest BCUT2D eigenvalue weighted by Gasteiger charge is 2.14. The molecule has 0 saturated carbocycles. The molecule has 0 radical (unpaired) electrons. The summed E-state index contributed by atoms with van der Waals surface area (Å²) in [6, 6.07) is 1.92. The summed E-state index contributed by atoms with van der Waals surface area (Å²) < 4.78 is 11.5. The van der Waals surface area contributed by atoms with Gasteiger partial charge in [-0.05, 0) is 40.9 Å². The molecule has 0 saturated heterocycles. The minimum Gasteiger partial charge on any atom is -0.496 e. The van der Waals surface area contributed by atoms with E-state index in [0.29, 0.717) is 6.42 Å². The van der Waals surface area contributed by atoms with E-state index in [4.69, 9.17) is 14.6 Å². The summed E-state index contributed by atoms with van der Waals surface area (Å²) in [6.07, 6.45) is 0.576. The van der Waals surface area contributed by atoms with Crippen LogP contribution in [0.15, 0.2) is 10.5 Å². The number of hydrogen-bond acceptors (Lipinski definition) is 3. The van der Waals surface area contributed by atoms with E-state index in [1.54, 1.807) is 14.2 Å². The van der Waals surface area contributed by atoms with Crippen LogP contribution in [-0.2, 0) is 6.42 Å². The lowest BCUT2D eigenvalue weighted by atomic mass is 10.1. The molecule has 0 fully saturated rings. The van der Waals surface area contributed by atoms with Crippen molar-refractivity contribution in [2.75, 3.05) is 20.8 Å². The summed E-state index contributed by atoms with van der Waals surface area (Å²) in [7, 11) is 3.24. The van der Waals surface area contributed by atoms with Crippen LogP contribution in [-0.4, -0.2) is 25.9 Å². The van der Waals surface area contributed by atoms with Crippen LogP contribution in [0.4, 0.5) is 0 Å². The van der Waals surface area contributed by atoms with Crippen LogP contribution in [0.25, 0.3) is 0 Å². The normalized spacial score (nSPS) is 10.2. The summed E-state index contributed by atoms with van der Waals surface area (Å²) in [5.41, 5.74) is 1.92. The highest BCUT2D eigenvalue weighted by atomic mass is 79.9. The minimum absolute atomic E-state index is 0.106. The van der Waals surface area contributed by atoms with Crippen LogP contribution in [0.2, 0.25) is 0 Å². The Morgan fingerprint density at radius 3 is 2.33 bits per heavy atom. The molecule has 0 amide bonds. The standard InChI is InChI=1S/C11H15BrO3/c1-7-10(14-2)8(4-5-13)6-9(12)11(7)15-3/h6,13H,4-5H2,1-3H3. The number of methoxy groups -OCH3 is 2. The zero-order valence-corrected chi connectivity index (χ0v) is 10.7. The second-order valence-corrected chi connectivity index (χ2v) is 4.04. The van der Waals surface area contributed by atoms with Crippen molar-refractivity contribution in [2.24, 2.45) is 0 Å². The number of halogens is 1. The van der Waals surface area contributed by atoms with E-state index >= 15 is 0 Å². The van der Waals surface area contributed by atoms with Crippen molar-refractivity contribution in [3.05, 3.63) is 21.7 Å². The number of benzene rings is 1. The third kappa shape index (κ3) is 2.44. The lowest BCUT2D eigenvalue weighted by molar-refractivity contribution is 0.296. The summed E-state index contributed by atoms with van der Waals surface area (Å²) in [5, 5.41) is 8.95. The fourth-order valence-corrected chi connectivity index (χ4v) is 2.38. The van der Waals surface area contributed by atoms with Crippen LogP contribution in [0.1, 0.15) is 11.1 Å². The fraction of sp³-hybridized carbons (Fsp3) is 0.455. The molecule has 0 bridgehead atoms. The smallest absolute Gasteiger partial charge is 0.139 e. The molecule has 0 aliphatic heterocycles. The second-order valence-electron chi connectivity index (χ2n) is 3.18. The van der Waals surface area contributed by atoms with Gasteiger partial charge in [0.15, 0.2) is 0 Å². The monoisotopic (exact) mass is 274 g/mol. The lowest BCUT2D eigenvalue weighted by Gasteiger charge is -2.15. The Morgan fingerprint density at radius 2 is 1.87 bits per heavy atom. The molecule has 0 spiro atoms. The van der Waals surface area contributed by atoms with Gasteiger partial charge >= 0.3 is 0 Å². The van der Waals surface area contributed by atoms with Gasteiger partial charge in [0, 0.05) is 12.2 Å². The quantitative estimate of drug-likeness (QED) is 0.916. The lowest BCUT2D eigenvalue weighted by Crippen LogP contribution is -2.00. The molecule has 0 atom stereocenters. The Balaban J connectivity index is 3.30. The number of hydrogen-bond donors (Lipinski definition) is 1. The number of aliphatic hydroxyl groups is 1. The van der Waals surface area contributed by atoms with Crippen molar-refractivity contribution in [2.45, 2.75) is 13.3 Å². The van der Waals surface area contributed by atoms with Crippen molar-refractivity contribution in [3.63, 3.8) is 0 Å². The van der Waals surface area contributed by atoms with E-state index in [2.05, 4.69) is 15.9 Å². The largest absolute Gasteiger partial charge is 0.496 e. The van der Waals surface area contributed by atoms with Crippen LogP contribution in [0, 0.1) is 6.92 Å². The molecule has 0 aromatic heterocycles. The summed E-state index contributed by atoms with van der Waals surface area (Å²) in [4.78, 5) is 0. The first-order chi connectivity index (χ1) is 7.15. The molecule has 84 valence electrons. The first-order valence-electron chi connectivity index (χ1n) is 4.66. The van der Waals surface area contributed by atoms with Crippen molar-refractivity contribution < 1.29 is 14.6 Å². The van der Waals surface area contributed by atoms with Gasteiger partial charge in [0.25, 0.3) is 0 Å². The molecule has 1 rings (SSSR count). The third-order valence-electron chi connectivity index (χ3n) is 2.28. The third-order valence-corrected chi connectivity index (χ3v) is 2.87. The average Bonchev–Trinajstić information content (AvgIpc) is 2.19. The number of ether oxygens (including phenoxy) is 2. The second kappa shape index (κ2) is 5.37. The van der Waals surface area contributed by atoms with Crippen LogP contribution >= 0.6 is 15.9 Å². The van der Waals surface area contributed by atoms with Crippen LogP contribution in [0.3, 0.4) is 0 Å². The molecule has 15 heavy (non-hydrogen) atoms. The molecule has 1 N–H and O–H groups in total. The van der Waals surface area contributed by atoms with E-state index in [-0.39, 0.29) is 6.61 Å². The molecule has 4 heteroatoms. The Hall–Kier alpha value is -0.740.